The lowest BCUT2D eigenvalue weighted by Crippen LogP contribution is -2.46. The van der Waals surface area contributed by atoms with Crippen molar-refractivity contribution in [2.24, 2.45) is 0 Å². The van der Waals surface area contributed by atoms with Crippen LogP contribution >= 0.6 is 0 Å². The fourth-order valence-corrected chi connectivity index (χ4v) is 2.93. The first-order valence-electron chi connectivity index (χ1n) is 5.90. The summed E-state index contributed by atoms with van der Waals surface area (Å²) >= 11 is 0. The van der Waals surface area contributed by atoms with E-state index in [2.05, 4.69) is 12.2 Å². The van der Waals surface area contributed by atoms with Crippen LogP contribution in [0.3, 0.4) is 0 Å². The first kappa shape index (κ1) is 10.1. The molecule has 1 N–H and O–H groups in total. The minimum Gasteiger partial charge on any atom is -0.486 e. The summed E-state index contributed by atoms with van der Waals surface area (Å²) in [7, 11) is 0. The molecule has 2 nitrogen and oxygen atoms in total. The maximum atomic E-state index is 13.2. The lowest BCUT2D eigenvalue weighted by molar-refractivity contribution is 0.0401. The van der Waals surface area contributed by atoms with Crippen LogP contribution in [0.25, 0.3) is 0 Å². The highest BCUT2D eigenvalue weighted by atomic mass is 19.1. The van der Waals surface area contributed by atoms with Crippen LogP contribution in [0.15, 0.2) is 18.2 Å². The van der Waals surface area contributed by atoms with Crippen molar-refractivity contribution in [1.29, 1.82) is 0 Å². The molecule has 86 valence electrons. The standard InChI is InChI=1S/C13H16FNO/c1-9-11-3-2-10(14)8-12(11)16-13(9)4-6-15-7-5-13/h2-3,8-9,15H,4-7H2,1H3/t9-/m1/s1. The van der Waals surface area contributed by atoms with Gasteiger partial charge in [0.05, 0.1) is 0 Å². The highest BCUT2D eigenvalue weighted by Crippen LogP contribution is 2.48. The molecule has 1 saturated heterocycles. The van der Waals surface area contributed by atoms with Gasteiger partial charge in [0.15, 0.2) is 0 Å². The second-order valence-corrected chi connectivity index (χ2v) is 4.82. The van der Waals surface area contributed by atoms with E-state index in [4.69, 9.17) is 4.74 Å². The number of benzene rings is 1. The van der Waals surface area contributed by atoms with Gasteiger partial charge in [-0.2, -0.15) is 0 Å². The molecule has 0 aromatic heterocycles. The van der Waals surface area contributed by atoms with E-state index in [9.17, 15) is 4.39 Å². The first-order valence-corrected chi connectivity index (χ1v) is 5.90. The number of piperidine rings is 1. The molecule has 0 amide bonds. The van der Waals surface area contributed by atoms with Gasteiger partial charge in [-0.3, -0.25) is 0 Å². The molecular formula is C13H16FNO. The van der Waals surface area contributed by atoms with Crippen LogP contribution in [0, 0.1) is 5.82 Å². The zero-order chi connectivity index (χ0) is 11.2. The Bertz CT molecular complexity index is 412. The van der Waals surface area contributed by atoms with Gasteiger partial charge in [-0.1, -0.05) is 13.0 Å². The van der Waals surface area contributed by atoms with Gasteiger partial charge in [0.1, 0.15) is 17.2 Å². The molecule has 2 heterocycles. The maximum absolute atomic E-state index is 13.2. The summed E-state index contributed by atoms with van der Waals surface area (Å²) in [6.45, 7) is 4.16. The minimum atomic E-state index is -0.211. The smallest absolute Gasteiger partial charge is 0.126 e. The fourth-order valence-electron chi connectivity index (χ4n) is 2.93. The number of fused-ring (bicyclic) bond motifs is 1. The van der Waals surface area contributed by atoms with Gasteiger partial charge in [-0.15, -0.1) is 0 Å². The molecule has 0 unspecified atom stereocenters. The van der Waals surface area contributed by atoms with Crippen LogP contribution in [0.5, 0.6) is 5.75 Å². The molecule has 1 atom stereocenters. The zero-order valence-electron chi connectivity index (χ0n) is 9.42. The van der Waals surface area contributed by atoms with E-state index in [1.807, 2.05) is 6.07 Å². The van der Waals surface area contributed by atoms with Gasteiger partial charge < -0.3 is 10.1 Å². The average Bonchev–Trinajstić information content (AvgIpc) is 2.53. The molecule has 0 radical (unpaired) electrons. The molecule has 1 aromatic carbocycles. The number of hydrogen-bond acceptors (Lipinski definition) is 2. The van der Waals surface area contributed by atoms with Crippen molar-refractivity contribution in [3.63, 3.8) is 0 Å². The van der Waals surface area contributed by atoms with Gasteiger partial charge in [-0.25, -0.2) is 4.39 Å². The Balaban J connectivity index is 1.98. The molecule has 1 fully saturated rings. The largest absolute Gasteiger partial charge is 0.486 e. The topological polar surface area (TPSA) is 21.3 Å². The molecular weight excluding hydrogens is 205 g/mol. The van der Waals surface area contributed by atoms with Crippen molar-refractivity contribution in [3.05, 3.63) is 29.6 Å². The number of hydrogen-bond donors (Lipinski definition) is 1. The zero-order valence-corrected chi connectivity index (χ0v) is 9.42. The summed E-state index contributed by atoms with van der Waals surface area (Å²) < 4.78 is 19.2. The summed E-state index contributed by atoms with van der Waals surface area (Å²) in [6, 6.07) is 4.91. The number of rotatable bonds is 0. The van der Waals surface area contributed by atoms with Gasteiger partial charge in [0, 0.05) is 30.4 Å². The SMILES string of the molecule is C[C@@H]1c2ccc(F)cc2OC12CCNCC2. The molecule has 1 aromatic rings. The first-order chi connectivity index (χ1) is 7.71. The molecule has 3 heteroatoms. The van der Waals surface area contributed by atoms with Gasteiger partial charge in [0.2, 0.25) is 0 Å². The Morgan fingerprint density at radius 3 is 2.88 bits per heavy atom. The average molecular weight is 221 g/mol. The molecule has 2 aliphatic rings. The summed E-state index contributed by atoms with van der Waals surface area (Å²) in [5.41, 5.74) is 1.06. The Labute approximate surface area is 94.8 Å². The maximum Gasteiger partial charge on any atom is 0.126 e. The fraction of sp³-hybridized carbons (Fsp3) is 0.538. The predicted octanol–water partition coefficient (Wildman–Crippen LogP) is 2.44. The van der Waals surface area contributed by atoms with Crippen LogP contribution in [-0.4, -0.2) is 18.7 Å². The highest BCUT2D eigenvalue weighted by Gasteiger charge is 2.46. The van der Waals surface area contributed by atoms with Crippen LogP contribution in [0.1, 0.15) is 31.2 Å². The van der Waals surface area contributed by atoms with E-state index >= 15 is 0 Å². The van der Waals surface area contributed by atoms with E-state index in [1.165, 1.54) is 12.1 Å². The Morgan fingerprint density at radius 1 is 1.38 bits per heavy atom. The third-order valence-electron chi connectivity index (χ3n) is 3.99. The van der Waals surface area contributed by atoms with E-state index in [0.717, 1.165) is 37.2 Å². The van der Waals surface area contributed by atoms with Crippen LogP contribution in [-0.2, 0) is 0 Å². The lowest BCUT2D eigenvalue weighted by Gasteiger charge is -2.36. The van der Waals surface area contributed by atoms with E-state index in [-0.39, 0.29) is 11.4 Å². The van der Waals surface area contributed by atoms with Crippen molar-refractivity contribution in [1.82, 2.24) is 5.32 Å². The Hall–Kier alpha value is -1.09. The van der Waals surface area contributed by atoms with Crippen LogP contribution in [0.2, 0.25) is 0 Å². The molecule has 16 heavy (non-hydrogen) atoms. The number of halogens is 1. The number of ether oxygens (including phenoxy) is 1. The van der Waals surface area contributed by atoms with Crippen molar-refractivity contribution < 1.29 is 9.13 Å². The van der Waals surface area contributed by atoms with E-state index in [1.54, 1.807) is 0 Å². The molecule has 0 saturated carbocycles. The lowest BCUT2D eigenvalue weighted by atomic mass is 9.79. The molecule has 0 aliphatic carbocycles. The second kappa shape index (κ2) is 3.45. The second-order valence-electron chi connectivity index (χ2n) is 4.82. The summed E-state index contributed by atoms with van der Waals surface area (Å²) in [4.78, 5) is 0. The van der Waals surface area contributed by atoms with Crippen molar-refractivity contribution in [2.45, 2.75) is 31.3 Å². The number of nitrogens with one attached hydrogen (secondary N) is 1. The Kier molecular flexibility index (Phi) is 2.18. The highest BCUT2D eigenvalue weighted by molar-refractivity contribution is 5.43. The quantitative estimate of drug-likeness (QED) is 0.726. The monoisotopic (exact) mass is 221 g/mol. The third kappa shape index (κ3) is 1.34. The molecule has 3 rings (SSSR count). The summed E-state index contributed by atoms with van der Waals surface area (Å²) in [6.07, 6.45) is 2.01. The summed E-state index contributed by atoms with van der Waals surface area (Å²) in [5.74, 6) is 0.900. The van der Waals surface area contributed by atoms with Crippen molar-refractivity contribution in [2.75, 3.05) is 13.1 Å². The normalized spacial score (nSPS) is 26.5. The van der Waals surface area contributed by atoms with Gasteiger partial charge >= 0.3 is 0 Å². The summed E-state index contributed by atoms with van der Waals surface area (Å²) in [5, 5.41) is 3.34. The van der Waals surface area contributed by atoms with E-state index in [0.29, 0.717) is 5.92 Å². The van der Waals surface area contributed by atoms with E-state index < -0.39 is 0 Å². The van der Waals surface area contributed by atoms with Crippen molar-refractivity contribution in [3.8, 4) is 5.75 Å². The predicted molar refractivity (Wildman–Crippen MR) is 60.3 cm³/mol. The molecule has 0 bridgehead atoms. The third-order valence-corrected chi connectivity index (χ3v) is 3.99. The Morgan fingerprint density at radius 2 is 2.12 bits per heavy atom. The minimum absolute atomic E-state index is 0.0959. The van der Waals surface area contributed by atoms with Crippen LogP contribution < -0.4 is 10.1 Å². The van der Waals surface area contributed by atoms with Crippen LogP contribution in [0.4, 0.5) is 4.39 Å². The van der Waals surface area contributed by atoms with Crippen molar-refractivity contribution >= 4 is 0 Å². The molecule has 2 aliphatic heterocycles. The van der Waals surface area contributed by atoms with Gasteiger partial charge in [-0.05, 0) is 19.2 Å². The van der Waals surface area contributed by atoms with Gasteiger partial charge in [0.25, 0.3) is 0 Å². The molecule has 1 spiro atoms.